The molecule has 0 radical (unpaired) electrons. The van der Waals surface area contributed by atoms with Crippen LogP contribution in [0, 0.1) is 0 Å². The molecule has 0 saturated carbocycles. The zero-order valence-electron chi connectivity index (χ0n) is 49.3. The van der Waals surface area contributed by atoms with Gasteiger partial charge in [0.15, 0.2) is 0 Å². The Morgan fingerprint density at radius 1 is 0.338 bits per heavy atom. The Bertz CT molecular complexity index is 3860. The molecule has 5 heterocycles. The molecule has 13 rings (SSSR count). The molecule has 0 aliphatic carbocycles. The highest BCUT2D eigenvalue weighted by atomic mass is 15.2. The second-order valence-corrected chi connectivity index (χ2v) is 29.6. The van der Waals surface area contributed by atoms with E-state index in [4.69, 9.17) is 0 Å². The molecular weight excluding hydrogens is 930 g/mol. The Morgan fingerprint density at radius 3 is 1.31 bits per heavy atom. The molecule has 4 heteroatoms. The lowest BCUT2D eigenvalue weighted by Crippen LogP contribution is -2.63. The fourth-order valence-electron chi connectivity index (χ4n) is 13.8. The fourth-order valence-corrected chi connectivity index (χ4v) is 13.8. The molecular formula is C73H78BN3. The Morgan fingerprint density at radius 2 is 0.766 bits per heavy atom. The van der Waals surface area contributed by atoms with Crippen molar-refractivity contribution < 1.29 is 0 Å². The van der Waals surface area contributed by atoms with Gasteiger partial charge in [-0.15, -0.1) is 0 Å². The first-order chi connectivity index (χ1) is 36.0. The van der Waals surface area contributed by atoms with Gasteiger partial charge in [-0.25, -0.2) is 0 Å². The van der Waals surface area contributed by atoms with Gasteiger partial charge in [-0.1, -0.05) is 222 Å². The molecule has 0 saturated heterocycles. The summed E-state index contributed by atoms with van der Waals surface area (Å²) in [6.07, 6.45) is 0. The molecule has 0 amide bonds. The Balaban J connectivity index is 1.18. The van der Waals surface area contributed by atoms with Gasteiger partial charge in [0.25, 0.3) is 6.71 Å². The Labute approximate surface area is 460 Å². The van der Waals surface area contributed by atoms with Crippen molar-refractivity contribution in [2.24, 2.45) is 0 Å². The van der Waals surface area contributed by atoms with Crippen molar-refractivity contribution in [2.45, 2.75) is 163 Å². The van der Waals surface area contributed by atoms with Gasteiger partial charge in [-0.05, 0) is 153 Å². The van der Waals surface area contributed by atoms with Crippen molar-refractivity contribution in [2.75, 3.05) is 9.80 Å². The van der Waals surface area contributed by atoms with E-state index in [9.17, 15) is 0 Å². The maximum Gasteiger partial charge on any atom is 0.252 e. The molecule has 9 aromatic rings. The molecule has 0 spiro atoms. The number of nitrogens with zero attached hydrogens (tertiary/aromatic N) is 3. The number of fused-ring (bicyclic) bond motifs is 11. The zero-order valence-corrected chi connectivity index (χ0v) is 49.3. The van der Waals surface area contributed by atoms with Gasteiger partial charge in [-0.2, -0.15) is 0 Å². The minimum Gasteiger partial charge on any atom is -0.311 e. The summed E-state index contributed by atoms with van der Waals surface area (Å²) in [6.45, 7) is 42.7. The predicted octanol–water partition coefficient (Wildman–Crippen LogP) is 17.7. The van der Waals surface area contributed by atoms with E-state index in [2.05, 4.69) is 285 Å². The van der Waals surface area contributed by atoms with Gasteiger partial charge in [-0.3, -0.25) is 0 Å². The van der Waals surface area contributed by atoms with Crippen LogP contribution in [0.25, 0.3) is 27.5 Å². The average molecular weight is 1010 g/mol. The monoisotopic (exact) mass is 1010 g/mol. The maximum absolute atomic E-state index is 2.69. The quantitative estimate of drug-likeness (QED) is 0.160. The van der Waals surface area contributed by atoms with Crippen LogP contribution in [-0.2, 0) is 37.9 Å². The number of rotatable bonds is 2. The first-order valence-corrected chi connectivity index (χ1v) is 28.5. The van der Waals surface area contributed by atoms with Crippen molar-refractivity contribution in [1.82, 2.24) is 4.57 Å². The zero-order chi connectivity index (χ0) is 54.6. The van der Waals surface area contributed by atoms with Crippen molar-refractivity contribution in [3.05, 3.63) is 201 Å². The van der Waals surface area contributed by atoms with Gasteiger partial charge in [0.2, 0.25) is 0 Å². The molecule has 0 bridgehead atoms. The van der Waals surface area contributed by atoms with E-state index < -0.39 is 5.41 Å². The van der Waals surface area contributed by atoms with Crippen LogP contribution in [0.4, 0.5) is 34.1 Å². The molecule has 4 aliphatic rings. The van der Waals surface area contributed by atoms with Gasteiger partial charge in [0.05, 0.1) is 39.2 Å². The SMILES string of the molecule is CC(C)(C)c1cc(C(C)(C)C)cc(C2(c3cc(C(C)(C)C)cc(C(C)(C)C)c3)c3ccccc3N3c4cccc5c4B(c4cccc6c4N5c4cc(C(C)(C)C)cc5c7cc(C(C)(C)C)ccc7n-6c45)c4cccc2c43)c1. The highest BCUT2D eigenvalue weighted by Crippen LogP contribution is 2.61. The summed E-state index contributed by atoms with van der Waals surface area (Å²) in [5.74, 6) is 0. The number of para-hydroxylation sites is 3. The third-order valence-corrected chi connectivity index (χ3v) is 18.2. The van der Waals surface area contributed by atoms with Crippen LogP contribution in [-0.4, -0.2) is 11.3 Å². The molecule has 388 valence electrons. The lowest BCUT2D eigenvalue weighted by molar-refractivity contribution is 0.559. The van der Waals surface area contributed by atoms with E-state index >= 15 is 0 Å². The van der Waals surface area contributed by atoms with E-state index in [1.807, 2.05) is 0 Å². The largest absolute Gasteiger partial charge is 0.311 e. The summed E-state index contributed by atoms with van der Waals surface area (Å²) >= 11 is 0. The molecule has 8 aromatic carbocycles. The molecule has 1 aromatic heterocycles. The Kier molecular flexibility index (Phi) is 10.2. The minimum atomic E-state index is -0.698. The molecule has 3 nitrogen and oxygen atoms in total. The maximum atomic E-state index is 2.69. The van der Waals surface area contributed by atoms with Crippen LogP contribution >= 0.6 is 0 Å². The van der Waals surface area contributed by atoms with Crippen LogP contribution in [0.15, 0.2) is 146 Å². The topological polar surface area (TPSA) is 11.4 Å². The second-order valence-electron chi connectivity index (χ2n) is 29.6. The summed E-state index contributed by atoms with van der Waals surface area (Å²) in [6, 6.07) is 58.9. The van der Waals surface area contributed by atoms with Gasteiger partial charge >= 0.3 is 0 Å². The summed E-state index contributed by atoms with van der Waals surface area (Å²) in [5.41, 5.74) is 27.8. The molecule has 0 fully saturated rings. The van der Waals surface area contributed by atoms with Crippen molar-refractivity contribution in [1.29, 1.82) is 0 Å². The van der Waals surface area contributed by atoms with Gasteiger partial charge in [0.1, 0.15) is 0 Å². The number of aromatic nitrogens is 1. The molecule has 0 unspecified atom stereocenters. The highest BCUT2D eigenvalue weighted by molar-refractivity contribution is 7.00. The summed E-state index contributed by atoms with van der Waals surface area (Å²) in [7, 11) is 0. The predicted molar refractivity (Wildman–Crippen MR) is 332 cm³/mol. The fraction of sp³-hybridized carbons (Fsp3) is 0.342. The van der Waals surface area contributed by atoms with Crippen LogP contribution in [0.2, 0.25) is 0 Å². The minimum absolute atomic E-state index is 0.0116. The van der Waals surface area contributed by atoms with Crippen LogP contribution in [0.1, 0.15) is 180 Å². The first-order valence-electron chi connectivity index (χ1n) is 28.5. The standard InChI is InChI=1S/C73H78BN3/c1-67(2,3)43-32-33-57-51(40-43)52-41-48(72(16,17)18)42-62-64(52)75(57)61-31-22-27-56-66(61)77(62)60-30-23-29-59-63(60)74(56)55-26-21-25-54-65(55)76(59)58-28-20-19-24-53(58)73(54,49-36-44(68(4,5)6)34-45(37-49)69(7,8)9)50-38-46(70(10,11)12)35-47(39-50)71(13,14)15/h19-42H,1-18H3. The number of benzene rings is 8. The lowest BCUT2D eigenvalue weighted by Gasteiger charge is -2.52. The van der Waals surface area contributed by atoms with E-state index in [-0.39, 0.29) is 39.2 Å². The van der Waals surface area contributed by atoms with Gasteiger partial charge < -0.3 is 14.4 Å². The normalized spacial score (nSPS) is 15.4. The number of hydrogen-bond acceptors (Lipinski definition) is 2. The van der Waals surface area contributed by atoms with Crippen molar-refractivity contribution in [3.63, 3.8) is 0 Å². The molecule has 0 N–H and O–H groups in total. The van der Waals surface area contributed by atoms with E-state index in [0.717, 1.165) is 0 Å². The smallest absolute Gasteiger partial charge is 0.252 e. The number of anilines is 6. The summed E-state index contributed by atoms with van der Waals surface area (Å²) in [4.78, 5) is 5.36. The van der Waals surface area contributed by atoms with Crippen LogP contribution in [0.5, 0.6) is 0 Å². The van der Waals surface area contributed by atoms with Crippen LogP contribution < -0.4 is 26.2 Å². The van der Waals surface area contributed by atoms with Crippen LogP contribution in [0.3, 0.4) is 0 Å². The summed E-state index contributed by atoms with van der Waals surface area (Å²) < 4.78 is 2.62. The number of hydrogen-bond donors (Lipinski definition) is 0. The summed E-state index contributed by atoms with van der Waals surface area (Å²) in [5, 5.41) is 2.64. The van der Waals surface area contributed by atoms with Crippen molar-refractivity contribution >= 4 is 79.0 Å². The molecule has 77 heavy (non-hydrogen) atoms. The van der Waals surface area contributed by atoms with E-state index in [1.165, 1.54) is 134 Å². The third kappa shape index (κ3) is 7.01. The third-order valence-electron chi connectivity index (χ3n) is 18.2. The lowest BCUT2D eigenvalue weighted by atomic mass is 9.33. The van der Waals surface area contributed by atoms with E-state index in [0.29, 0.717) is 0 Å². The average Bonchev–Trinajstić information content (AvgIpc) is 3.76. The second kappa shape index (κ2) is 15.7. The van der Waals surface area contributed by atoms with Crippen molar-refractivity contribution in [3.8, 4) is 5.69 Å². The molecule has 4 aliphatic heterocycles. The molecule has 0 atom stereocenters. The van der Waals surface area contributed by atoms with E-state index in [1.54, 1.807) is 0 Å². The Hall–Kier alpha value is -6.78. The first kappa shape index (κ1) is 49.8. The van der Waals surface area contributed by atoms with Gasteiger partial charge in [0, 0.05) is 27.8 Å². The highest BCUT2D eigenvalue weighted by Gasteiger charge is 2.54.